The van der Waals surface area contributed by atoms with Crippen LogP contribution in [0.3, 0.4) is 0 Å². The van der Waals surface area contributed by atoms with Crippen LogP contribution in [0.25, 0.3) is 22.2 Å². The van der Waals surface area contributed by atoms with E-state index in [0.717, 1.165) is 46.3 Å². The smallest absolute Gasteiger partial charge is 0.220 e. The van der Waals surface area contributed by atoms with Gasteiger partial charge in [-0.15, -0.1) is 0 Å². The van der Waals surface area contributed by atoms with E-state index in [1.165, 1.54) is 5.56 Å². The fourth-order valence-electron chi connectivity index (χ4n) is 4.13. The molecular formula is C27H24N2O2. The van der Waals surface area contributed by atoms with Crippen molar-refractivity contribution in [2.75, 3.05) is 0 Å². The van der Waals surface area contributed by atoms with E-state index in [2.05, 4.69) is 36.4 Å². The van der Waals surface area contributed by atoms with Crippen molar-refractivity contribution in [2.45, 2.75) is 19.4 Å². The molecule has 4 heteroatoms. The van der Waals surface area contributed by atoms with Crippen LogP contribution in [0.2, 0.25) is 0 Å². The van der Waals surface area contributed by atoms with Gasteiger partial charge in [0.15, 0.2) is 0 Å². The second-order valence-corrected chi connectivity index (χ2v) is 8.19. The van der Waals surface area contributed by atoms with E-state index in [0.29, 0.717) is 12.5 Å². The van der Waals surface area contributed by atoms with Gasteiger partial charge >= 0.3 is 0 Å². The van der Waals surface area contributed by atoms with Crippen molar-refractivity contribution in [1.82, 2.24) is 4.98 Å². The average molecular weight is 409 g/mol. The molecule has 1 amide bonds. The number of nitrogens with two attached hydrogens (primary N) is 1. The fraction of sp³-hybridized carbons (Fsp3) is 0.185. The summed E-state index contributed by atoms with van der Waals surface area (Å²) < 4.78 is 6.12. The van der Waals surface area contributed by atoms with Gasteiger partial charge in [0.2, 0.25) is 5.91 Å². The Morgan fingerprint density at radius 3 is 2.45 bits per heavy atom. The van der Waals surface area contributed by atoms with E-state index in [-0.39, 0.29) is 11.8 Å². The van der Waals surface area contributed by atoms with Crippen molar-refractivity contribution in [1.29, 1.82) is 0 Å². The van der Waals surface area contributed by atoms with Crippen molar-refractivity contribution in [2.24, 2.45) is 17.6 Å². The molecule has 0 aliphatic heterocycles. The normalized spacial score (nSPS) is 17.4. The summed E-state index contributed by atoms with van der Waals surface area (Å²) in [6.45, 7) is 0.467. The van der Waals surface area contributed by atoms with E-state index < -0.39 is 0 Å². The Balaban J connectivity index is 1.33. The van der Waals surface area contributed by atoms with Gasteiger partial charge in [-0.1, -0.05) is 60.7 Å². The van der Waals surface area contributed by atoms with E-state index in [9.17, 15) is 4.79 Å². The first-order valence-corrected chi connectivity index (χ1v) is 10.6. The quantitative estimate of drug-likeness (QED) is 0.460. The molecule has 1 aromatic heterocycles. The molecule has 1 heterocycles. The second-order valence-electron chi connectivity index (χ2n) is 8.19. The number of ether oxygens (including phenoxy) is 1. The first kappa shape index (κ1) is 19.3. The second kappa shape index (κ2) is 8.23. The number of nitrogens with zero attached hydrogens (tertiary/aromatic N) is 1. The van der Waals surface area contributed by atoms with Crippen molar-refractivity contribution in [3.63, 3.8) is 0 Å². The number of primary amides is 1. The summed E-state index contributed by atoms with van der Waals surface area (Å²) >= 11 is 0. The highest BCUT2D eigenvalue weighted by Crippen LogP contribution is 2.40. The number of rotatable bonds is 7. The minimum atomic E-state index is -0.176. The lowest BCUT2D eigenvalue weighted by atomic mass is 10.0. The average Bonchev–Trinajstić information content (AvgIpc) is 3.58. The Labute approximate surface area is 181 Å². The van der Waals surface area contributed by atoms with Gasteiger partial charge in [-0.05, 0) is 48.6 Å². The highest BCUT2D eigenvalue weighted by atomic mass is 16.5. The molecule has 0 radical (unpaired) electrons. The summed E-state index contributed by atoms with van der Waals surface area (Å²) in [5.41, 5.74) is 10.7. The third-order valence-electron chi connectivity index (χ3n) is 5.98. The third-order valence-corrected chi connectivity index (χ3v) is 5.98. The molecule has 3 aromatic carbocycles. The van der Waals surface area contributed by atoms with E-state index in [1.807, 2.05) is 48.5 Å². The van der Waals surface area contributed by atoms with Gasteiger partial charge in [0, 0.05) is 22.4 Å². The van der Waals surface area contributed by atoms with Gasteiger partial charge in [-0.3, -0.25) is 4.79 Å². The lowest BCUT2D eigenvalue weighted by molar-refractivity contribution is -0.119. The van der Waals surface area contributed by atoms with Gasteiger partial charge in [0.1, 0.15) is 12.4 Å². The van der Waals surface area contributed by atoms with E-state index in [4.69, 9.17) is 15.5 Å². The predicted molar refractivity (Wildman–Crippen MR) is 122 cm³/mol. The molecule has 1 aliphatic rings. The van der Waals surface area contributed by atoms with Gasteiger partial charge in [-0.2, -0.15) is 0 Å². The van der Waals surface area contributed by atoms with Gasteiger partial charge in [0.25, 0.3) is 0 Å². The Kier molecular flexibility index (Phi) is 5.13. The van der Waals surface area contributed by atoms with Crippen LogP contribution in [0.1, 0.15) is 17.5 Å². The number of pyridine rings is 1. The Bertz CT molecular complexity index is 1220. The predicted octanol–water partition coefficient (Wildman–Crippen LogP) is 5.14. The number of amides is 1. The van der Waals surface area contributed by atoms with E-state index in [1.54, 1.807) is 0 Å². The minimum absolute atomic E-state index is 0.0507. The molecule has 1 fully saturated rings. The van der Waals surface area contributed by atoms with Crippen LogP contribution in [0.4, 0.5) is 0 Å². The molecular weight excluding hydrogens is 384 g/mol. The molecule has 0 spiro atoms. The molecule has 0 unspecified atom stereocenters. The van der Waals surface area contributed by atoms with Crippen molar-refractivity contribution >= 4 is 16.8 Å². The number of carbonyl (C=O) groups is 1. The van der Waals surface area contributed by atoms with Crippen LogP contribution in [0.15, 0.2) is 84.9 Å². The fourth-order valence-corrected chi connectivity index (χ4v) is 4.13. The summed E-state index contributed by atoms with van der Waals surface area (Å²) in [6.07, 6.45) is 1.80. The number of fused-ring (bicyclic) bond motifs is 1. The molecule has 31 heavy (non-hydrogen) atoms. The lowest BCUT2D eigenvalue weighted by Gasteiger charge is -2.12. The van der Waals surface area contributed by atoms with Gasteiger partial charge in [0.05, 0.1) is 11.2 Å². The zero-order chi connectivity index (χ0) is 21.2. The zero-order valence-corrected chi connectivity index (χ0v) is 17.2. The molecule has 1 saturated carbocycles. The highest BCUT2D eigenvalue weighted by molar-refractivity contribution is 5.85. The topological polar surface area (TPSA) is 65.2 Å². The molecule has 0 saturated heterocycles. The van der Waals surface area contributed by atoms with Crippen molar-refractivity contribution in [3.05, 3.63) is 96.1 Å². The Morgan fingerprint density at radius 2 is 1.71 bits per heavy atom. The Hall–Kier alpha value is -3.66. The Morgan fingerprint density at radius 1 is 0.968 bits per heavy atom. The summed E-state index contributed by atoms with van der Waals surface area (Å²) in [6, 6.07) is 28.6. The minimum Gasteiger partial charge on any atom is -0.489 e. The molecule has 1 aliphatic carbocycles. The molecule has 2 N–H and O–H groups in total. The highest BCUT2D eigenvalue weighted by Gasteiger charge is 2.41. The maximum absolute atomic E-state index is 11.2. The number of carbonyl (C=O) groups excluding carboxylic acids is 1. The van der Waals surface area contributed by atoms with Crippen LogP contribution >= 0.6 is 0 Å². The monoisotopic (exact) mass is 408 g/mol. The van der Waals surface area contributed by atoms with Crippen molar-refractivity contribution in [3.8, 4) is 17.0 Å². The summed E-state index contributed by atoms with van der Waals surface area (Å²) in [5, 5.41) is 1.10. The van der Waals surface area contributed by atoms with E-state index >= 15 is 0 Å². The zero-order valence-electron chi connectivity index (χ0n) is 17.2. The largest absolute Gasteiger partial charge is 0.489 e. The maximum Gasteiger partial charge on any atom is 0.220 e. The summed E-state index contributed by atoms with van der Waals surface area (Å²) in [7, 11) is 0. The standard InChI is InChI=1S/C27H24N2O2/c28-27(30)24-15-20(24)14-18-10-12-22(13-11-18)31-17-21-16-26(19-6-2-1-3-7-19)29-25-9-5-4-8-23(21)25/h1-13,16,20,24H,14-15,17H2,(H2,28,30)/t20-,24+/m1/s1. The van der Waals surface area contributed by atoms with Gasteiger partial charge < -0.3 is 10.5 Å². The molecule has 5 rings (SSSR count). The van der Waals surface area contributed by atoms with Crippen LogP contribution in [0.5, 0.6) is 5.75 Å². The first-order valence-electron chi connectivity index (χ1n) is 10.6. The van der Waals surface area contributed by atoms with Crippen LogP contribution in [-0.2, 0) is 17.8 Å². The first-order chi connectivity index (χ1) is 15.2. The summed E-state index contributed by atoms with van der Waals surface area (Å²) in [5.74, 6) is 1.09. The number of hydrogen-bond acceptors (Lipinski definition) is 3. The van der Waals surface area contributed by atoms with Crippen LogP contribution in [0, 0.1) is 11.8 Å². The molecule has 4 aromatic rings. The summed E-state index contributed by atoms with van der Waals surface area (Å²) in [4.78, 5) is 16.1. The number of para-hydroxylation sites is 1. The van der Waals surface area contributed by atoms with Gasteiger partial charge in [-0.25, -0.2) is 4.98 Å². The molecule has 2 atom stereocenters. The van der Waals surface area contributed by atoms with Crippen molar-refractivity contribution < 1.29 is 9.53 Å². The van der Waals surface area contributed by atoms with Crippen LogP contribution in [-0.4, -0.2) is 10.9 Å². The number of aromatic nitrogens is 1. The maximum atomic E-state index is 11.2. The SMILES string of the molecule is NC(=O)[C@H]1C[C@H]1Cc1ccc(OCc2cc(-c3ccccc3)nc3ccccc23)cc1. The molecule has 154 valence electrons. The molecule has 4 nitrogen and oxygen atoms in total. The lowest BCUT2D eigenvalue weighted by Crippen LogP contribution is -2.14. The number of hydrogen-bond donors (Lipinski definition) is 1. The molecule has 0 bridgehead atoms. The number of benzene rings is 3. The van der Waals surface area contributed by atoms with Crippen LogP contribution < -0.4 is 10.5 Å². The third kappa shape index (κ3) is 4.29.